The third kappa shape index (κ3) is 5.18. The van der Waals surface area contributed by atoms with Crippen molar-refractivity contribution in [3.05, 3.63) is 34.7 Å². The maximum atomic E-state index is 11.3. The topological polar surface area (TPSA) is 170 Å². The molecule has 1 aromatic carbocycles. The van der Waals surface area contributed by atoms with Crippen molar-refractivity contribution in [2.75, 3.05) is 0 Å². The highest BCUT2D eigenvalue weighted by atomic mass is 16.4. The van der Waals surface area contributed by atoms with Gasteiger partial charge in [0, 0.05) is 6.54 Å². The summed E-state index contributed by atoms with van der Waals surface area (Å²) in [6.07, 6.45) is -2.29. The van der Waals surface area contributed by atoms with E-state index in [0.717, 1.165) is 11.0 Å². The van der Waals surface area contributed by atoms with E-state index in [2.05, 4.69) is 4.98 Å². The van der Waals surface area contributed by atoms with Crippen LogP contribution in [-0.2, 0) is 20.9 Å². The van der Waals surface area contributed by atoms with Crippen molar-refractivity contribution in [3.8, 4) is 0 Å². The number of benzene rings is 1. The normalized spacial score (nSPS) is 10.8. The fourth-order valence-electron chi connectivity index (χ4n) is 2.13. The lowest BCUT2D eigenvalue weighted by Crippen LogP contribution is -2.42. The Morgan fingerprint density at radius 2 is 1.60 bits per heavy atom. The highest BCUT2D eigenvalue weighted by molar-refractivity contribution is 5.88. The molecule has 0 saturated heterocycles. The summed E-state index contributed by atoms with van der Waals surface area (Å²) in [5, 5.41) is 33.8. The number of nitrogens with zero attached hydrogens (tertiary/aromatic N) is 1. The molecular formula is C15H18N2O8. The minimum atomic E-state index is -2.74. The van der Waals surface area contributed by atoms with E-state index in [1.165, 1.54) is 0 Å². The first-order valence-electron chi connectivity index (χ1n) is 7.17. The molecule has 0 radical (unpaired) electrons. The number of fused-ring (bicyclic) bond motifs is 1. The van der Waals surface area contributed by atoms with Gasteiger partial charge in [-0.3, -0.25) is 14.2 Å². The molecule has 0 aliphatic carbocycles. The number of aliphatic hydroxyl groups is 1. The maximum absolute atomic E-state index is 11.3. The second-order valence-electron chi connectivity index (χ2n) is 5.17. The lowest BCUT2D eigenvalue weighted by Gasteiger charge is -2.18. The first-order chi connectivity index (χ1) is 11.6. The Labute approximate surface area is 141 Å². The van der Waals surface area contributed by atoms with E-state index in [1.54, 1.807) is 4.57 Å². The molecule has 5 N–H and O–H groups in total. The van der Waals surface area contributed by atoms with E-state index in [-0.39, 0.29) is 5.69 Å². The van der Waals surface area contributed by atoms with Crippen LogP contribution in [0.25, 0.3) is 11.0 Å². The van der Waals surface area contributed by atoms with Crippen molar-refractivity contribution < 1.29 is 34.8 Å². The van der Waals surface area contributed by atoms with Gasteiger partial charge in [0.15, 0.2) is 5.60 Å². The summed E-state index contributed by atoms with van der Waals surface area (Å²) in [6, 6.07) is 7.69. The zero-order valence-electron chi connectivity index (χ0n) is 13.3. The summed E-state index contributed by atoms with van der Waals surface area (Å²) in [5.74, 6) is -5.02. The molecule has 0 unspecified atom stereocenters. The monoisotopic (exact) mass is 354 g/mol. The number of aromatic amines is 1. The molecule has 0 amide bonds. The number of imidazole rings is 1. The standard InChI is InChI=1S/C9H10N2O.C6H8O7/c1-2-11-8-6-4-3-5-7(8)10-9(11)12;7-3(8)1-6(13,5(11)12)2-4(9)10/h3-6H,2H2,1H3,(H,10,12);13H,1-2H2,(H,7,8)(H,9,10)(H,11,12). The van der Waals surface area contributed by atoms with E-state index < -0.39 is 36.4 Å². The summed E-state index contributed by atoms with van der Waals surface area (Å²) in [6.45, 7) is 2.67. The van der Waals surface area contributed by atoms with E-state index in [1.807, 2.05) is 31.2 Å². The van der Waals surface area contributed by atoms with Gasteiger partial charge < -0.3 is 25.4 Å². The molecule has 25 heavy (non-hydrogen) atoms. The van der Waals surface area contributed by atoms with Crippen LogP contribution in [0.1, 0.15) is 19.8 Å². The fraction of sp³-hybridized carbons (Fsp3) is 0.333. The lowest BCUT2D eigenvalue weighted by atomic mass is 9.96. The molecule has 10 heteroatoms. The predicted molar refractivity (Wildman–Crippen MR) is 85.3 cm³/mol. The molecular weight excluding hydrogens is 336 g/mol. The quantitative estimate of drug-likeness (QED) is 0.486. The number of para-hydroxylation sites is 2. The molecule has 0 saturated carbocycles. The summed E-state index contributed by atoms with van der Waals surface area (Å²) in [7, 11) is 0. The van der Waals surface area contributed by atoms with Gasteiger partial charge >= 0.3 is 23.6 Å². The Balaban J connectivity index is 0.000000250. The van der Waals surface area contributed by atoms with Crippen molar-refractivity contribution in [1.82, 2.24) is 9.55 Å². The average molecular weight is 354 g/mol. The summed E-state index contributed by atoms with van der Waals surface area (Å²) in [5.41, 5.74) is -0.884. The summed E-state index contributed by atoms with van der Waals surface area (Å²) < 4.78 is 1.72. The van der Waals surface area contributed by atoms with Crippen LogP contribution in [0, 0.1) is 0 Å². The lowest BCUT2D eigenvalue weighted by molar-refractivity contribution is -0.170. The predicted octanol–water partition coefficient (Wildman–Crippen LogP) is 0.101. The number of carbonyl (C=O) groups is 3. The van der Waals surface area contributed by atoms with Crippen molar-refractivity contribution in [2.24, 2.45) is 0 Å². The van der Waals surface area contributed by atoms with Gasteiger partial charge in [-0.15, -0.1) is 0 Å². The molecule has 136 valence electrons. The number of rotatable bonds is 6. The number of carboxylic acids is 3. The number of aryl methyl sites for hydroxylation is 1. The minimum absolute atomic E-state index is 0.0290. The Kier molecular flexibility index (Phi) is 6.45. The van der Waals surface area contributed by atoms with Crippen molar-refractivity contribution >= 4 is 28.9 Å². The average Bonchev–Trinajstić information content (AvgIpc) is 2.81. The van der Waals surface area contributed by atoms with Gasteiger partial charge in [-0.1, -0.05) is 12.1 Å². The third-order valence-corrected chi connectivity index (χ3v) is 3.28. The fourth-order valence-corrected chi connectivity index (χ4v) is 2.13. The smallest absolute Gasteiger partial charge is 0.336 e. The molecule has 1 heterocycles. The van der Waals surface area contributed by atoms with E-state index in [4.69, 9.17) is 20.4 Å². The first kappa shape index (κ1) is 19.9. The zero-order valence-corrected chi connectivity index (χ0v) is 13.3. The Morgan fingerprint density at radius 3 is 2.04 bits per heavy atom. The van der Waals surface area contributed by atoms with Crippen molar-refractivity contribution in [2.45, 2.75) is 31.9 Å². The number of hydrogen-bond acceptors (Lipinski definition) is 5. The molecule has 0 spiro atoms. The Hall–Kier alpha value is -3.14. The number of nitrogens with one attached hydrogen (secondary N) is 1. The van der Waals surface area contributed by atoms with Gasteiger partial charge in [0.1, 0.15) is 0 Å². The molecule has 10 nitrogen and oxygen atoms in total. The van der Waals surface area contributed by atoms with Crippen LogP contribution < -0.4 is 5.69 Å². The van der Waals surface area contributed by atoms with Crippen LogP contribution in [0.4, 0.5) is 0 Å². The van der Waals surface area contributed by atoms with Crippen LogP contribution in [0.15, 0.2) is 29.1 Å². The van der Waals surface area contributed by atoms with Crippen molar-refractivity contribution in [3.63, 3.8) is 0 Å². The molecule has 0 bridgehead atoms. The van der Waals surface area contributed by atoms with Crippen LogP contribution in [0.2, 0.25) is 0 Å². The van der Waals surface area contributed by atoms with Crippen LogP contribution in [0.3, 0.4) is 0 Å². The number of hydrogen-bond donors (Lipinski definition) is 5. The highest BCUT2D eigenvalue weighted by Gasteiger charge is 2.40. The second kappa shape index (κ2) is 8.11. The minimum Gasteiger partial charge on any atom is -0.481 e. The largest absolute Gasteiger partial charge is 0.481 e. The molecule has 0 aliphatic rings. The molecule has 2 aromatic rings. The zero-order chi connectivity index (χ0) is 19.2. The van der Waals surface area contributed by atoms with Crippen LogP contribution in [-0.4, -0.2) is 53.5 Å². The van der Waals surface area contributed by atoms with Crippen molar-refractivity contribution in [1.29, 1.82) is 0 Å². The van der Waals surface area contributed by atoms with Gasteiger partial charge in [0.2, 0.25) is 0 Å². The number of carboxylic acid groups (broad SMARTS) is 3. The Morgan fingerprint density at radius 1 is 1.08 bits per heavy atom. The molecule has 0 fully saturated rings. The number of aromatic nitrogens is 2. The summed E-state index contributed by atoms with van der Waals surface area (Å²) in [4.78, 5) is 44.5. The molecule has 0 atom stereocenters. The van der Waals surface area contributed by atoms with E-state index in [9.17, 15) is 19.2 Å². The van der Waals surface area contributed by atoms with Gasteiger partial charge in [-0.25, -0.2) is 9.59 Å². The SMILES string of the molecule is CCn1c(=O)[nH]c2ccccc21.O=C(O)CC(O)(CC(=O)O)C(=O)O. The maximum Gasteiger partial charge on any atom is 0.336 e. The van der Waals surface area contributed by atoms with Crippen LogP contribution >= 0.6 is 0 Å². The van der Waals surface area contributed by atoms with E-state index in [0.29, 0.717) is 6.54 Å². The first-order valence-corrected chi connectivity index (χ1v) is 7.17. The third-order valence-electron chi connectivity index (χ3n) is 3.28. The summed E-state index contributed by atoms with van der Waals surface area (Å²) >= 11 is 0. The van der Waals surface area contributed by atoms with Gasteiger partial charge in [0.05, 0.1) is 23.9 Å². The van der Waals surface area contributed by atoms with E-state index >= 15 is 0 Å². The Bertz CT molecular complexity index is 819. The second-order valence-corrected chi connectivity index (χ2v) is 5.17. The molecule has 1 aromatic heterocycles. The van der Waals surface area contributed by atoms with Gasteiger partial charge in [-0.05, 0) is 19.1 Å². The van der Waals surface area contributed by atoms with Gasteiger partial charge in [0.25, 0.3) is 0 Å². The number of aliphatic carboxylic acids is 3. The number of H-pyrrole nitrogens is 1. The van der Waals surface area contributed by atoms with Gasteiger partial charge in [-0.2, -0.15) is 0 Å². The van der Waals surface area contributed by atoms with Crippen LogP contribution in [0.5, 0.6) is 0 Å². The molecule has 0 aliphatic heterocycles. The molecule has 2 rings (SSSR count). The highest BCUT2D eigenvalue weighted by Crippen LogP contribution is 2.15.